The number of rotatable bonds is 43. The summed E-state index contributed by atoms with van der Waals surface area (Å²) in [5.41, 5.74) is 0. The second-order valence-electron chi connectivity index (χ2n) is 16.9. The summed E-state index contributed by atoms with van der Waals surface area (Å²) in [4.78, 5) is 22.9. The Bertz CT molecular complexity index is 936. The van der Waals surface area contributed by atoms with Gasteiger partial charge in [-0.1, -0.05) is 174 Å². The van der Waals surface area contributed by atoms with Crippen LogP contribution in [0.15, 0.2) is 24.5 Å². The fraction of sp³-hybridized carbons (Fsp3) is 0.891. The van der Waals surface area contributed by atoms with E-state index in [4.69, 9.17) is 18.5 Å². The molecule has 1 N–H and O–H groups in total. The average Bonchev–Trinajstić information content (AvgIpc) is 3.13. The molecule has 0 radical (unpaired) electrons. The quantitative estimate of drug-likeness (QED) is 0.0164. The zero-order chi connectivity index (χ0) is 40.6. The van der Waals surface area contributed by atoms with E-state index in [0.717, 1.165) is 44.9 Å². The van der Waals surface area contributed by atoms with E-state index in [-0.39, 0.29) is 25.8 Å². The van der Waals surface area contributed by atoms with E-state index in [1.54, 1.807) is 6.26 Å². The van der Waals surface area contributed by atoms with Gasteiger partial charge in [0.05, 0.1) is 34.0 Å². The van der Waals surface area contributed by atoms with Gasteiger partial charge in [0.1, 0.15) is 19.8 Å². The Balaban J connectivity index is 4.24. The smallest absolute Gasteiger partial charge is 0.472 e. The third-order valence-electron chi connectivity index (χ3n) is 10.1. The molecule has 0 aromatic heterocycles. The van der Waals surface area contributed by atoms with E-state index in [0.29, 0.717) is 17.4 Å². The Labute approximate surface area is 341 Å². The SMILES string of the molecule is CCCCCCCC/C=C\CCCCCCCC(=O)O[C@H](CO/C=C\CCCCCCCCCCCCCCCCCC)COP(=O)(O)OCC[N+](C)(C)C. The van der Waals surface area contributed by atoms with Crippen LogP contribution in [0.25, 0.3) is 0 Å². The van der Waals surface area contributed by atoms with Crippen LogP contribution in [0.1, 0.15) is 213 Å². The first kappa shape index (κ1) is 53.8. The first-order valence-corrected chi connectivity index (χ1v) is 24.6. The number of carbonyl (C=O) groups is 1. The molecule has 326 valence electrons. The van der Waals surface area contributed by atoms with Crippen LogP contribution in [0.2, 0.25) is 0 Å². The molecule has 0 bridgehead atoms. The number of carbonyl (C=O) groups excluding carboxylic acids is 1. The van der Waals surface area contributed by atoms with Gasteiger partial charge in [0, 0.05) is 6.42 Å². The minimum Gasteiger partial charge on any atom is -0.498 e. The van der Waals surface area contributed by atoms with Crippen LogP contribution in [0, 0.1) is 0 Å². The zero-order valence-corrected chi connectivity index (χ0v) is 37.8. The highest BCUT2D eigenvalue weighted by Crippen LogP contribution is 2.43. The highest BCUT2D eigenvalue weighted by atomic mass is 31.2. The lowest BCUT2D eigenvalue weighted by atomic mass is 10.0. The van der Waals surface area contributed by atoms with Crippen molar-refractivity contribution in [2.24, 2.45) is 0 Å². The number of likely N-dealkylation sites (N-methyl/N-ethyl adjacent to an activating group) is 1. The summed E-state index contributed by atoms with van der Waals surface area (Å²) in [7, 11) is 1.64. The van der Waals surface area contributed by atoms with Crippen LogP contribution >= 0.6 is 7.82 Å². The van der Waals surface area contributed by atoms with Crippen molar-refractivity contribution in [3.05, 3.63) is 24.5 Å². The maximum Gasteiger partial charge on any atom is 0.472 e. The predicted molar refractivity (Wildman–Crippen MR) is 233 cm³/mol. The lowest BCUT2D eigenvalue weighted by Gasteiger charge is -2.24. The van der Waals surface area contributed by atoms with Gasteiger partial charge >= 0.3 is 13.8 Å². The Hall–Kier alpha value is -1.18. The summed E-state index contributed by atoms with van der Waals surface area (Å²) in [5, 5.41) is 0. The van der Waals surface area contributed by atoms with Crippen molar-refractivity contribution in [3.63, 3.8) is 0 Å². The molecular weight excluding hydrogens is 709 g/mol. The summed E-state index contributed by atoms with van der Waals surface area (Å²) in [6, 6.07) is 0. The Morgan fingerprint density at radius 2 is 0.964 bits per heavy atom. The molecule has 0 fully saturated rings. The van der Waals surface area contributed by atoms with Gasteiger partial charge in [0.2, 0.25) is 0 Å². The van der Waals surface area contributed by atoms with Crippen LogP contribution in [0.4, 0.5) is 0 Å². The number of ether oxygens (including phenoxy) is 2. The summed E-state index contributed by atoms with van der Waals surface area (Å²) < 4.78 is 34.8. The number of phosphoric ester groups is 1. The van der Waals surface area contributed by atoms with Gasteiger partial charge in [-0.25, -0.2) is 4.57 Å². The molecule has 0 saturated heterocycles. The molecule has 8 nitrogen and oxygen atoms in total. The lowest BCUT2D eigenvalue weighted by molar-refractivity contribution is -0.870. The summed E-state index contributed by atoms with van der Waals surface area (Å²) in [6.45, 7) is 4.94. The van der Waals surface area contributed by atoms with Crippen molar-refractivity contribution >= 4 is 13.8 Å². The second-order valence-corrected chi connectivity index (χ2v) is 18.3. The van der Waals surface area contributed by atoms with Gasteiger partial charge in [-0.05, 0) is 51.0 Å². The van der Waals surface area contributed by atoms with Gasteiger partial charge in [-0.2, -0.15) is 0 Å². The molecule has 0 amide bonds. The van der Waals surface area contributed by atoms with Crippen molar-refractivity contribution in [1.29, 1.82) is 0 Å². The molecular formula is C46H91NO7P+. The van der Waals surface area contributed by atoms with Crippen LogP contribution in [0.5, 0.6) is 0 Å². The second kappa shape index (κ2) is 39.6. The van der Waals surface area contributed by atoms with Crippen molar-refractivity contribution in [2.75, 3.05) is 47.5 Å². The highest BCUT2D eigenvalue weighted by molar-refractivity contribution is 7.47. The fourth-order valence-corrected chi connectivity index (χ4v) is 7.20. The Morgan fingerprint density at radius 3 is 1.40 bits per heavy atom. The molecule has 1 unspecified atom stereocenters. The predicted octanol–water partition coefficient (Wildman–Crippen LogP) is 14.0. The van der Waals surface area contributed by atoms with E-state index < -0.39 is 13.9 Å². The van der Waals surface area contributed by atoms with Gasteiger partial charge < -0.3 is 18.9 Å². The van der Waals surface area contributed by atoms with Gasteiger partial charge in [0.25, 0.3) is 0 Å². The number of unbranched alkanes of at least 4 members (excludes halogenated alkanes) is 27. The van der Waals surface area contributed by atoms with Crippen molar-refractivity contribution in [2.45, 2.75) is 219 Å². The molecule has 0 aliphatic carbocycles. The molecule has 0 aromatic carbocycles. The van der Waals surface area contributed by atoms with E-state index in [9.17, 15) is 14.3 Å². The maximum atomic E-state index is 12.7. The number of esters is 1. The zero-order valence-electron chi connectivity index (χ0n) is 36.9. The maximum absolute atomic E-state index is 12.7. The molecule has 0 aromatic rings. The number of allylic oxidation sites excluding steroid dienone is 3. The third-order valence-corrected chi connectivity index (χ3v) is 11.1. The van der Waals surface area contributed by atoms with E-state index >= 15 is 0 Å². The minimum absolute atomic E-state index is 0.0481. The molecule has 2 atom stereocenters. The summed E-state index contributed by atoms with van der Waals surface area (Å²) in [6.07, 6.45) is 45.9. The fourth-order valence-electron chi connectivity index (χ4n) is 6.45. The lowest BCUT2D eigenvalue weighted by Crippen LogP contribution is -2.37. The molecule has 0 heterocycles. The third kappa shape index (κ3) is 43.8. The van der Waals surface area contributed by atoms with Crippen molar-refractivity contribution < 1.29 is 37.3 Å². The standard InChI is InChI=1S/C46H90NO7P/c1-6-8-10-12-14-16-18-20-22-23-24-26-28-30-32-34-36-38-41-51-43-45(44-53-55(49,50)52-42-40-47(3,4)5)54-46(48)39-37-35-33-31-29-27-25-21-19-17-15-13-11-9-7-2/h21,25,38,41,45H,6-20,22-24,26-37,39-40,42-44H2,1-5H3/p+1/b25-21-,41-38-/t45-/m1/s1. The summed E-state index contributed by atoms with van der Waals surface area (Å²) in [5.74, 6) is -0.342. The first-order valence-electron chi connectivity index (χ1n) is 23.1. The molecule has 0 aliphatic rings. The molecule has 0 aliphatic heterocycles. The highest BCUT2D eigenvalue weighted by Gasteiger charge is 2.26. The number of hydrogen-bond acceptors (Lipinski definition) is 6. The molecule has 0 spiro atoms. The molecule has 55 heavy (non-hydrogen) atoms. The Kier molecular flexibility index (Phi) is 38.8. The van der Waals surface area contributed by atoms with E-state index in [1.165, 1.54) is 148 Å². The minimum atomic E-state index is -4.29. The number of phosphoric acid groups is 1. The number of quaternary nitrogens is 1. The van der Waals surface area contributed by atoms with Gasteiger partial charge in [-0.15, -0.1) is 0 Å². The van der Waals surface area contributed by atoms with E-state index in [2.05, 4.69) is 26.0 Å². The number of nitrogens with zero attached hydrogens (tertiary/aromatic N) is 1. The molecule has 0 rings (SSSR count). The monoisotopic (exact) mass is 801 g/mol. The van der Waals surface area contributed by atoms with Crippen LogP contribution in [-0.4, -0.2) is 69.0 Å². The van der Waals surface area contributed by atoms with E-state index in [1.807, 2.05) is 27.2 Å². The van der Waals surface area contributed by atoms with Gasteiger partial charge in [0.15, 0.2) is 6.10 Å². The van der Waals surface area contributed by atoms with Crippen molar-refractivity contribution in [1.82, 2.24) is 0 Å². The first-order chi connectivity index (χ1) is 26.6. The topological polar surface area (TPSA) is 91.3 Å². The van der Waals surface area contributed by atoms with Crippen LogP contribution in [0.3, 0.4) is 0 Å². The molecule has 0 saturated carbocycles. The van der Waals surface area contributed by atoms with Crippen LogP contribution in [-0.2, 0) is 27.9 Å². The Morgan fingerprint density at radius 1 is 0.564 bits per heavy atom. The summed E-state index contributed by atoms with van der Waals surface area (Å²) >= 11 is 0. The van der Waals surface area contributed by atoms with Crippen LogP contribution < -0.4 is 0 Å². The average molecular weight is 801 g/mol. The number of hydrogen-bond donors (Lipinski definition) is 1. The normalized spacial score (nSPS) is 13.9. The van der Waals surface area contributed by atoms with Crippen molar-refractivity contribution in [3.8, 4) is 0 Å². The van der Waals surface area contributed by atoms with Gasteiger partial charge in [-0.3, -0.25) is 13.8 Å². The largest absolute Gasteiger partial charge is 0.498 e. The molecule has 9 heteroatoms.